The normalized spacial score (nSPS) is 16.4. The molecule has 0 aliphatic heterocycles. The summed E-state index contributed by atoms with van der Waals surface area (Å²) in [6.07, 6.45) is 13.5. The Kier molecular flexibility index (Phi) is 14.4. The highest BCUT2D eigenvalue weighted by Gasteiger charge is 2.53. The van der Waals surface area contributed by atoms with Crippen LogP contribution in [0.2, 0.25) is 0 Å². The molecule has 3 aliphatic rings. The van der Waals surface area contributed by atoms with E-state index in [2.05, 4.69) is 407 Å². The van der Waals surface area contributed by atoms with Crippen LogP contribution in [0.1, 0.15) is 103 Å². The van der Waals surface area contributed by atoms with Crippen LogP contribution in [0.25, 0.3) is 127 Å². The fraction of sp³-hybridized carbons (Fsp3) is 0.114. The Morgan fingerprint density at radius 2 is 0.670 bits per heavy atom. The van der Waals surface area contributed by atoms with Gasteiger partial charge >= 0.3 is 0 Å². The van der Waals surface area contributed by atoms with Gasteiger partial charge < -0.3 is 13.7 Å². The number of hydrogen-bond donors (Lipinski definition) is 0. The zero-order valence-corrected chi connectivity index (χ0v) is 62.1. The quantitative estimate of drug-likeness (QED) is 0.134. The highest BCUT2D eigenvalue weighted by molar-refractivity contribution is 6.12. The third-order valence-corrected chi connectivity index (χ3v) is 24.7. The molecule has 109 heavy (non-hydrogen) atoms. The minimum Gasteiger partial charge on any atom is -0.309 e. The second-order valence-corrected chi connectivity index (χ2v) is 32.6. The molecule has 0 spiro atoms. The van der Waals surface area contributed by atoms with Crippen LogP contribution in [-0.4, -0.2) is 18.7 Å². The number of hydrogen-bond acceptors (Lipinski definition) is 1. The molecule has 4 heteroatoms. The van der Waals surface area contributed by atoms with E-state index in [0.717, 1.165) is 50.3 Å². The molecule has 4 aromatic heterocycles. The van der Waals surface area contributed by atoms with Gasteiger partial charge in [0.25, 0.3) is 0 Å². The molecule has 3 atom stereocenters. The van der Waals surface area contributed by atoms with Crippen LogP contribution in [0.5, 0.6) is 0 Å². The van der Waals surface area contributed by atoms with E-state index in [4.69, 9.17) is 4.98 Å². The van der Waals surface area contributed by atoms with Gasteiger partial charge in [-0.1, -0.05) is 290 Å². The summed E-state index contributed by atoms with van der Waals surface area (Å²) in [7, 11) is 0. The van der Waals surface area contributed by atoms with E-state index in [9.17, 15) is 0 Å². The molecule has 18 aromatic rings. The molecule has 4 nitrogen and oxygen atoms in total. The number of rotatable bonds is 10. The predicted molar refractivity (Wildman–Crippen MR) is 456 cm³/mol. The van der Waals surface area contributed by atoms with Crippen LogP contribution in [0.4, 0.5) is 0 Å². The van der Waals surface area contributed by atoms with Crippen molar-refractivity contribution in [3.8, 4) is 61.6 Å². The highest BCUT2D eigenvalue weighted by Crippen LogP contribution is 2.61. The molecule has 3 aliphatic carbocycles. The lowest BCUT2D eigenvalue weighted by molar-refractivity contribution is 0.457. The Balaban J connectivity index is 0.704. The molecular formula is C105H80N4. The van der Waals surface area contributed by atoms with E-state index in [1.54, 1.807) is 0 Å². The van der Waals surface area contributed by atoms with Crippen molar-refractivity contribution in [1.29, 1.82) is 0 Å². The first kappa shape index (κ1) is 64.5. The lowest BCUT2D eigenvalue weighted by atomic mass is 9.63. The smallest absolute Gasteiger partial charge is 0.0713 e. The molecule has 0 amide bonds. The molecule has 0 saturated heterocycles. The average Bonchev–Trinajstić information content (AvgIpc) is 1.55. The summed E-state index contributed by atoms with van der Waals surface area (Å²) >= 11 is 0. The van der Waals surface area contributed by atoms with E-state index >= 15 is 0 Å². The van der Waals surface area contributed by atoms with Gasteiger partial charge in [-0.3, -0.25) is 4.98 Å². The number of para-hydroxylation sites is 2. The third kappa shape index (κ3) is 9.73. The second-order valence-electron chi connectivity index (χ2n) is 32.6. The maximum atomic E-state index is 4.92. The van der Waals surface area contributed by atoms with Crippen molar-refractivity contribution in [2.45, 2.75) is 69.1 Å². The minimum atomic E-state index is -0.590. The Morgan fingerprint density at radius 1 is 0.284 bits per heavy atom. The minimum absolute atomic E-state index is 0.0255. The summed E-state index contributed by atoms with van der Waals surface area (Å²) in [5, 5.41) is 7.53. The van der Waals surface area contributed by atoms with Gasteiger partial charge in [-0.15, -0.1) is 0 Å². The number of allylic oxidation sites excluding steroid dienone is 4. The van der Waals surface area contributed by atoms with Gasteiger partial charge in [-0.05, 0) is 203 Å². The fourth-order valence-corrected chi connectivity index (χ4v) is 19.5. The van der Waals surface area contributed by atoms with E-state index in [1.807, 2.05) is 12.4 Å². The Morgan fingerprint density at radius 3 is 1.18 bits per heavy atom. The molecule has 14 aromatic carbocycles. The van der Waals surface area contributed by atoms with E-state index in [1.165, 1.54) is 132 Å². The summed E-state index contributed by atoms with van der Waals surface area (Å²) < 4.78 is 7.35. The highest BCUT2D eigenvalue weighted by atomic mass is 15.0. The Labute approximate surface area is 636 Å². The summed E-state index contributed by atoms with van der Waals surface area (Å²) in [5.74, 6) is 0.268. The number of benzene rings is 14. The van der Waals surface area contributed by atoms with Crippen LogP contribution in [0.15, 0.2) is 364 Å². The number of aromatic nitrogens is 4. The summed E-state index contributed by atoms with van der Waals surface area (Å²) in [6.45, 7) is 13.9. The van der Waals surface area contributed by atoms with Crippen LogP contribution in [0.3, 0.4) is 0 Å². The summed E-state index contributed by atoms with van der Waals surface area (Å²) in [6, 6.07) is 125. The molecule has 0 fully saturated rings. The lowest BCUT2D eigenvalue weighted by Gasteiger charge is -2.39. The fourth-order valence-electron chi connectivity index (χ4n) is 19.5. The monoisotopic (exact) mass is 1400 g/mol. The molecule has 0 N–H and O–H groups in total. The maximum Gasteiger partial charge on any atom is 0.0713 e. The van der Waals surface area contributed by atoms with Gasteiger partial charge in [-0.2, -0.15) is 0 Å². The van der Waals surface area contributed by atoms with E-state index in [-0.39, 0.29) is 22.7 Å². The third-order valence-electron chi connectivity index (χ3n) is 24.7. The zero-order valence-electron chi connectivity index (χ0n) is 62.1. The number of nitrogens with zero attached hydrogens (tertiary/aromatic N) is 4. The molecule has 520 valence electrons. The van der Waals surface area contributed by atoms with Crippen molar-refractivity contribution < 1.29 is 0 Å². The second kappa shape index (κ2) is 24.3. The first-order valence-corrected chi connectivity index (χ1v) is 38.5. The topological polar surface area (TPSA) is 27.7 Å². The van der Waals surface area contributed by atoms with Gasteiger partial charge in [-0.25, -0.2) is 0 Å². The lowest BCUT2D eigenvalue weighted by Crippen LogP contribution is -2.35. The average molecular weight is 1400 g/mol. The predicted octanol–water partition coefficient (Wildman–Crippen LogP) is 26.5. The maximum absolute atomic E-state index is 4.92. The number of pyridine rings is 1. The van der Waals surface area contributed by atoms with Gasteiger partial charge in [0.15, 0.2) is 0 Å². The molecule has 21 rings (SSSR count). The molecule has 0 saturated carbocycles. The van der Waals surface area contributed by atoms with Crippen molar-refractivity contribution in [1.82, 2.24) is 18.7 Å². The Bertz CT molecular complexity index is 6610. The van der Waals surface area contributed by atoms with Crippen LogP contribution in [0, 0.1) is 5.92 Å². The van der Waals surface area contributed by atoms with Gasteiger partial charge in [0.05, 0.1) is 43.9 Å². The zero-order chi connectivity index (χ0) is 73.1. The molecule has 0 bridgehead atoms. The SMILES string of the molecule is CC(C)(C)c1ccc2c(c1)c1cc(C(C)(C)C)ccc1n2-c1ccc(-c2ccc(-n3c4ccc(C5(c6ccccc6)c6ccccc6-c6ccccc65)cc4c4cc(C5(c6ccc(-c7cncc(-c8ccc(-n9c%10ccccc%10c%10ccccc%109)cc8)c7)cc6)c6ccccc6C6C=CC=CC65)ccc43)cc2)cc1. The molecular weight excluding hydrogens is 1320 g/mol. The van der Waals surface area contributed by atoms with Crippen molar-refractivity contribution in [3.63, 3.8) is 0 Å². The summed E-state index contributed by atoms with van der Waals surface area (Å²) in [4.78, 5) is 4.92. The first-order valence-electron chi connectivity index (χ1n) is 38.5. The first-order chi connectivity index (χ1) is 53.3. The molecule has 4 heterocycles. The van der Waals surface area contributed by atoms with Crippen molar-refractivity contribution in [2.24, 2.45) is 5.92 Å². The van der Waals surface area contributed by atoms with Gasteiger partial charge in [0.1, 0.15) is 0 Å². The Hall–Kier alpha value is -12.9. The van der Waals surface area contributed by atoms with Gasteiger partial charge in [0, 0.05) is 84.7 Å². The van der Waals surface area contributed by atoms with Crippen LogP contribution >= 0.6 is 0 Å². The van der Waals surface area contributed by atoms with Crippen molar-refractivity contribution in [2.75, 3.05) is 0 Å². The molecule has 3 unspecified atom stereocenters. The molecule has 0 radical (unpaired) electrons. The van der Waals surface area contributed by atoms with Crippen LogP contribution in [-0.2, 0) is 21.7 Å². The van der Waals surface area contributed by atoms with Crippen molar-refractivity contribution in [3.05, 3.63) is 420 Å². The summed E-state index contributed by atoms with van der Waals surface area (Å²) in [5.41, 5.74) is 31.7. The van der Waals surface area contributed by atoms with Gasteiger partial charge in [0.2, 0.25) is 0 Å². The van der Waals surface area contributed by atoms with Crippen LogP contribution < -0.4 is 0 Å². The largest absolute Gasteiger partial charge is 0.309 e. The van der Waals surface area contributed by atoms with E-state index < -0.39 is 10.8 Å². The standard InChI is InChI=1S/C105H80N4/c1-102(2,3)75-46-56-98-88(61-75)89-62-76(103(4,5)6)47-57-99(89)108(98)80-50-38-67(39-51-80)68-40-52-81(53-41-68)109-100-58-48-77(104(73-22-8-7-9-23-73)92-30-16-10-24-82(92)83-25-11-17-31-93(83)104)63-90(100)91-64-78(49-59-101(91)109)105(94-32-18-12-26-84(94)85-27-13-19-33-95(85)105)74-44-36-69(37-45-74)71-60-72(66-106-65-71)70-42-54-79(55-43-70)107-96-34-20-14-28-86(96)87-29-15-21-35-97(87)107/h7-66,84,94H,1-6H3. The number of fused-ring (bicyclic) bond motifs is 15. The van der Waals surface area contributed by atoms with Crippen molar-refractivity contribution >= 4 is 65.4 Å². The van der Waals surface area contributed by atoms with E-state index in [0.29, 0.717) is 0 Å².